The maximum atomic E-state index is 10.7. The lowest BCUT2D eigenvalue weighted by Gasteiger charge is -1.99. The molecule has 0 saturated carbocycles. The van der Waals surface area contributed by atoms with Crippen LogP contribution in [-0.2, 0) is 9.53 Å². The minimum absolute atomic E-state index is 0.253. The van der Waals surface area contributed by atoms with E-state index in [0.29, 0.717) is 6.61 Å². The van der Waals surface area contributed by atoms with Crippen LogP contribution in [0.3, 0.4) is 0 Å². The number of hydrogen-bond donors (Lipinski definition) is 0. The molecule has 0 unspecified atom stereocenters. The van der Waals surface area contributed by atoms with Gasteiger partial charge in [0.15, 0.2) is 0 Å². The predicted octanol–water partition coefficient (Wildman–Crippen LogP) is 2.11. The maximum absolute atomic E-state index is 10.7. The van der Waals surface area contributed by atoms with Crippen molar-refractivity contribution in [3.63, 3.8) is 0 Å². The summed E-state index contributed by atoms with van der Waals surface area (Å²) < 4.78 is 4.83. The zero-order valence-corrected chi connectivity index (χ0v) is 7.01. The van der Waals surface area contributed by atoms with Gasteiger partial charge >= 0.3 is 5.97 Å². The van der Waals surface area contributed by atoms with Crippen molar-refractivity contribution < 1.29 is 9.53 Å². The Kier molecular flexibility index (Phi) is 6.79. The van der Waals surface area contributed by atoms with E-state index in [1.807, 2.05) is 0 Å². The van der Waals surface area contributed by atoms with Crippen LogP contribution in [0.5, 0.6) is 0 Å². The molecule has 0 bridgehead atoms. The molecule has 0 aliphatic carbocycles. The minimum Gasteiger partial charge on any atom is -0.463 e. The smallest absolute Gasteiger partial charge is 0.330 e. The molecule has 0 N–H and O–H groups in total. The third-order valence-corrected chi connectivity index (χ3v) is 1.19. The van der Waals surface area contributed by atoms with Gasteiger partial charge in [0.25, 0.3) is 0 Å². The standard InChI is InChI=1S/C9H15O2/c1-3-5-6-8-11-9(10)7-4-2/h4,7H,1,3,5-6,8H2,2H3. The molecule has 0 aromatic carbocycles. The largest absolute Gasteiger partial charge is 0.463 e. The summed E-state index contributed by atoms with van der Waals surface area (Å²) in [7, 11) is 0. The van der Waals surface area contributed by atoms with Crippen molar-refractivity contribution in [2.75, 3.05) is 6.61 Å². The quantitative estimate of drug-likeness (QED) is 0.345. The lowest BCUT2D eigenvalue weighted by atomic mass is 10.3. The SMILES string of the molecule is [CH2]CCCCOC(=O)C=CC. The lowest BCUT2D eigenvalue weighted by molar-refractivity contribution is -0.137. The van der Waals surface area contributed by atoms with Gasteiger partial charge in [-0.25, -0.2) is 4.79 Å². The van der Waals surface area contributed by atoms with Gasteiger partial charge in [0.2, 0.25) is 0 Å². The average Bonchev–Trinajstić information content (AvgIpc) is 1.99. The Balaban J connectivity index is 3.17. The number of hydrogen-bond acceptors (Lipinski definition) is 2. The Morgan fingerprint density at radius 3 is 2.82 bits per heavy atom. The summed E-state index contributed by atoms with van der Waals surface area (Å²) in [5.74, 6) is -0.253. The van der Waals surface area contributed by atoms with Gasteiger partial charge in [0.05, 0.1) is 6.61 Å². The van der Waals surface area contributed by atoms with E-state index in [2.05, 4.69) is 6.92 Å². The van der Waals surface area contributed by atoms with Crippen molar-refractivity contribution in [2.45, 2.75) is 26.2 Å². The number of rotatable bonds is 5. The molecule has 0 aromatic rings. The van der Waals surface area contributed by atoms with Crippen LogP contribution in [0.15, 0.2) is 12.2 Å². The first-order valence-corrected chi connectivity index (χ1v) is 3.90. The van der Waals surface area contributed by atoms with Crippen molar-refractivity contribution in [1.29, 1.82) is 0 Å². The average molecular weight is 155 g/mol. The van der Waals surface area contributed by atoms with Gasteiger partial charge in [-0.1, -0.05) is 25.8 Å². The summed E-state index contributed by atoms with van der Waals surface area (Å²) in [5, 5.41) is 0. The highest BCUT2D eigenvalue weighted by atomic mass is 16.5. The first kappa shape index (κ1) is 10.2. The highest BCUT2D eigenvalue weighted by molar-refractivity contribution is 5.81. The molecule has 0 rings (SSSR count). The third kappa shape index (κ3) is 7.10. The first-order valence-electron chi connectivity index (χ1n) is 3.90. The highest BCUT2D eigenvalue weighted by Gasteiger charge is 1.93. The number of esters is 1. The Hall–Kier alpha value is -0.790. The zero-order valence-electron chi connectivity index (χ0n) is 7.01. The molecule has 0 spiro atoms. The monoisotopic (exact) mass is 155 g/mol. The summed E-state index contributed by atoms with van der Waals surface area (Å²) in [4.78, 5) is 10.7. The molecule has 0 aromatic heterocycles. The van der Waals surface area contributed by atoms with Crippen LogP contribution in [0.4, 0.5) is 0 Å². The van der Waals surface area contributed by atoms with Crippen LogP contribution in [0.25, 0.3) is 0 Å². The van der Waals surface area contributed by atoms with E-state index in [-0.39, 0.29) is 5.97 Å². The number of allylic oxidation sites excluding steroid dienone is 1. The van der Waals surface area contributed by atoms with E-state index in [1.54, 1.807) is 13.0 Å². The Labute approximate surface area is 68.2 Å². The molecule has 1 radical (unpaired) electrons. The summed E-state index contributed by atoms with van der Waals surface area (Å²) in [6, 6.07) is 0. The number of carbonyl (C=O) groups excluding carboxylic acids is 1. The van der Waals surface area contributed by atoms with Crippen molar-refractivity contribution in [2.24, 2.45) is 0 Å². The molecule has 0 fully saturated rings. The predicted molar refractivity (Wildman–Crippen MR) is 45.0 cm³/mol. The van der Waals surface area contributed by atoms with E-state index in [9.17, 15) is 4.79 Å². The molecule has 0 aliphatic rings. The molecular formula is C9H15O2. The van der Waals surface area contributed by atoms with Crippen LogP contribution in [0.1, 0.15) is 26.2 Å². The second kappa shape index (κ2) is 7.32. The first-order chi connectivity index (χ1) is 5.31. The van der Waals surface area contributed by atoms with E-state index in [4.69, 9.17) is 4.74 Å². The Morgan fingerprint density at radius 1 is 1.55 bits per heavy atom. The molecule has 0 atom stereocenters. The fourth-order valence-corrected chi connectivity index (χ4v) is 0.636. The van der Waals surface area contributed by atoms with Crippen molar-refractivity contribution in [3.8, 4) is 0 Å². The zero-order chi connectivity index (χ0) is 8.53. The van der Waals surface area contributed by atoms with E-state index < -0.39 is 0 Å². The molecule has 0 heterocycles. The lowest BCUT2D eigenvalue weighted by Crippen LogP contribution is -2.01. The van der Waals surface area contributed by atoms with Crippen molar-refractivity contribution in [1.82, 2.24) is 0 Å². The normalized spacial score (nSPS) is 10.4. The van der Waals surface area contributed by atoms with Gasteiger partial charge in [-0.15, -0.1) is 0 Å². The summed E-state index contributed by atoms with van der Waals surface area (Å²) in [6.07, 6.45) is 5.92. The van der Waals surface area contributed by atoms with Gasteiger partial charge in [0, 0.05) is 6.08 Å². The molecule has 0 aliphatic heterocycles. The molecule has 2 heteroatoms. The van der Waals surface area contributed by atoms with Crippen LogP contribution in [-0.4, -0.2) is 12.6 Å². The fraction of sp³-hybridized carbons (Fsp3) is 0.556. The van der Waals surface area contributed by atoms with Gasteiger partial charge in [-0.2, -0.15) is 0 Å². The number of unbranched alkanes of at least 4 members (excludes halogenated alkanes) is 2. The van der Waals surface area contributed by atoms with Crippen LogP contribution in [0, 0.1) is 6.92 Å². The van der Waals surface area contributed by atoms with Crippen LogP contribution >= 0.6 is 0 Å². The van der Waals surface area contributed by atoms with Gasteiger partial charge in [-0.05, 0) is 13.3 Å². The van der Waals surface area contributed by atoms with E-state index in [1.165, 1.54) is 6.08 Å². The topological polar surface area (TPSA) is 26.3 Å². The highest BCUT2D eigenvalue weighted by Crippen LogP contribution is 1.94. The molecule has 11 heavy (non-hydrogen) atoms. The number of carbonyl (C=O) groups is 1. The van der Waals surface area contributed by atoms with Crippen LogP contribution in [0.2, 0.25) is 0 Å². The summed E-state index contributed by atoms with van der Waals surface area (Å²) in [6.45, 7) is 5.99. The Bertz CT molecular complexity index is 128. The second-order valence-corrected chi connectivity index (χ2v) is 2.23. The van der Waals surface area contributed by atoms with Crippen molar-refractivity contribution >= 4 is 5.97 Å². The molecule has 63 valence electrons. The van der Waals surface area contributed by atoms with Gasteiger partial charge in [0.1, 0.15) is 0 Å². The summed E-state index contributed by atoms with van der Waals surface area (Å²) in [5.41, 5.74) is 0. The van der Waals surface area contributed by atoms with Crippen molar-refractivity contribution in [3.05, 3.63) is 19.1 Å². The fourth-order valence-electron chi connectivity index (χ4n) is 0.636. The Morgan fingerprint density at radius 2 is 2.27 bits per heavy atom. The molecule has 0 amide bonds. The molecule has 2 nitrogen and oxygen atoms in total. The van der Waals surface area contributed by atoms with E-state index >= 15 is 0 Å². The maximum Gasteiger partial charge on any atom is 0.330 e. The summed E-state index contributed by atoms with van der Waals surface area (Å²) >= 11 is 0. The van der Waals surface area contributed by atoms with Gasteiger partial charge in [-0.3, -0.25) is 0 Å². The van der Waals surface area contributed by atoms with Crippen LogP contribution < -0.4 is 0 Å². The third-order valence-electron chi connectivity index (χ3n) is 1.19. The van der Waals surface area contributed by atoms with E-state index in [0.717, 1.165) is 19.3 Å². The second-order valence-electron chi connectivity index (χ2n) is 2.23. The van der Waals surface area contributed by atoms with Gasteiger partial charge < -0.3 is 4.74 Å². The molecule has 0 saturated heterocycles. The minimum atomic E-state index is -0.253. The number of ether oxygens (including phenoxy) is 1. The molecular weight excluding hydrogens is 140 g/mol.